The van der Waals surface area contributed by atoms with Gasteiger partial charge in [0.15, 0.2) is 5.65 Å². The van der Waals surface area contributed by atoms with E-state index in [2.05, 4.69) is 49.0 Å². The number of aromatic nitrogens is 3. The zero-order valence-electron chi connectivity index (χ0n) is 21.7. The molecule has 3 aromatic rings. The van der Waals surface area contributed by atoms with Crippen molar-refractivity contribution in [3.05, 3.63) is 51.4 Å². The number of fused-ring (bicyclic) bond motifs is 1. The number of carbonyl (C=O) groups excluding carboxylic acids is 3. The Morgan fingerprint density at radius 3 is 2.79 bits per heavy atom. The molecule has 2 aliphatic rings. The highest BCUT2D eigenvalue weighted by Crippen LogP contribution is 2.26. The number of nitrogens with one attached hydrogen (secondary N) is 4. The van der Waals surface area contributed by atoms with E-state index in [-0.39, 0.29) is 17.8 Å². The van der Waals surface area contributed by atoms with Crippen LogP contribution >= 0.6 is 22.6 Å². The van der Waals surface area contributed by atoms with Crippen LogP contribution in [0.2, 0.25) is 0 Å². The van der Waals surface area contributed by atoms with Crippen molar-refractivity contribution in [3.63, 3.8) is 0 Å². The zero-order valence-corrected chi connectivity index (χ0v) is 23.9. The first-order valence-electron chi connectivity index (χ1n) is 12.5. The van der Waals surface area contributed by atoms with E-state index >= 15 is 0 Å². The van der Waals surface area contributed by atoms with Crippen molar-refractivity contribution in [1.82, 2.24) is 30.1 Å². The molecule has 5 rings (SSSR count). The fourth-order valence-corrected chi connectivity index (χ4v) is 5.00. The van der Waals surface area contributed by atoms with Crippen molar-refractivity contribution in [2.24, 2.45) is 0 Å². The maximum Gasteiger partial charge on any atom is 0.410 e. The topological polar surface area (TPSA) is 142 Å². The smallest absolute Gasteiger partial charge is 0.410 e. The normalized spacial score (nSPS) is 18.4. The molecule has 0 spiro atoms. The Kier molecular flexibility index (Phi) is 7.34. The van der Waals surface area contributed by atoms with E-state index in [0.717, 1.165) is 22.1 Å². The molecule has 4 N–H and O–H groups in total. The SMILES string of the molecule is CC(C)(C)OC(=O)N1CCCC1CNc1cc(Nc2cccc(I)c2)nc2c(/C=C3\NC(=O)NC3=O)cnn12. The van der Waals surface area contributed by atoms with Crippen LogP contribution in [0.3, 0.4) is 0 Å². The average molecular weight is 644 g/mol. The number of benzene rings is 1. The molecule has 2 aliphatic heterocycles. The van der Waals surface area contributed by atoms with Gasteiger partial charge in [0, 0.05) is 34.0 Å². The molecular weight excluding hydrogens is 615 g/mol. The van der Waals surface area contributed by atoms with E-state index in [0.29, 0.717) is 35.9 Å². The van der Waals surface area contributed by atoms with Crippen LogP contribution in [0.4, 0.5) is 26.9 Å². The highest BCUT2D eigenvalue weighted by atomic mass is 127. The number of nitrogens with zero attached hydrogens (tertiary/aromatic N) is 4. The van der Waals surface area contributed by atoms with Gasteiger partial charge in [-0.25, -0.2) is 14.6 Å². The first-order chi connectivity index (χ1) is 18.6. The van der Waals surface area contributed by atoms with Gasteiger partial charge in [-0.1, -0.05) is 6.07 Å². The van der Waals surface area contributed by atoms with E-state index in [1.54, 1.807) is 15.6 Å². The first-order valence-corrected chi connectivity index (χ1v) is 13.6. The van der Waals surface area contributed by atoms with Gasteiger partial charge < -0.3 is 25.6 Å². The maximum absolute atomic E-state index is 12.8. The van der Waals surface area contributed by atoms with Crippen LogP contribution < -0.4 is 21.3 Å². The third-order valence-corrected chi connectivity index (χ3v) is 6.81. The number of hydrogen-bond acceptors (Lipinski definition) is 8. The molecule has 0 saturated carbocycles. The monoisotopic (exact) mass is 644 g/mol. The van der Waals surface area contributed by atoms with Crippen LogP contribution in [0, 0.1) is 3.57 Å². The summed E-state index contributed by atoms with van der Waals surface area (Å²) < 4.78 is 8.30. The Bertz CT molecular complexity index is 1480. The number of ether oxygens (including phenoxy) is 1. The summed E-state index contributed by atoms with van der Waals surface area (Å²) in [6.07, 6.45) is 4.53. The quantitative estimate of drug-likeness (QED) is 0.179. The van der Waals surface area contributed by atoms with Gasteiger partial charge in [-0.05, 0) is 80.5 Å². The van der Waals surface area contributed by atoms with Crippen molar-refractivity contribution in [1.29, 1.82) is 0 Å². The molecule has 2 fully saturated rings. The van der Waals surface area contributed by atoms with Crippen LogP contribution in [-0.4, -0.2) is 62.3 Å². The molecule has 1 atom stereocenters. The van der Waals surface area contributed by atoms with Crippen LogP contribution in [0.25, 0.3) is 11.7 Å². The number of anilines is 3. The van der Waals surface area contributed by atoms with E-state index in [1.165, 1.54) is 6.08 Å². The Morgan fingerprint density at radius 1 is 1.26 bits per heavy atom. The van der Waals surface area contributed by atoms with E-state index in [1.807, 2.05) is 51.1 Å². The summed E-state index contributed by atoms with van der Waals surface area (Å²) in [4.78, 5) is 43.0. The molecule has 4 amide bonds. The van der Waals surface area contributed by atoms with Gasteiger partial charge in [-0.15, -0.1) is 0 Å². The van der Waals surface area contributed by atoms with Gasteiger partial charge >= 0.3 is 12.1 Å². The minimum Gasteiger partial charge on any atom is -0.444 e. The summed E-state index contributed by atoms with van der Waals surface area (Å²) in [7, 11) is 0. The Labute approximate surface area is 238 Å². The fourth-order valence-electron chi connectivity index (χ4n) is 4.45. The number of amides is 4. The maximum atomic E-state index is 12.8. The van der Waals surface area contributed by atoms with E-state index < -0.39 is 17.5 Å². The third-order valence-electron chi connectivity index (χ3n) is 6.14. The second-order valence-electron chi connectivity index (χ2n) is 10.3. The molecule has 13 heteroatoms. The molecule has 2 saturated heterocycles. The molecule has 39 heavy (non-hydrogen) atoms. The lowest BCUT2D eigenvalue weighted by molar-refractivity contribution is -0.115. The second-order valence-corrected chi connectivity index (χ2v) is 11.6. The van der Waals surface area contributed by atoms with Crippen molar-refractivity contribution < 1.29 is 19.1 Å². The Hall–Kier alpha value is -3.88. The number of likely N-dealkylation sites (tertiary alicyclic amines) is 1. The highest BCUT2D eigenvalue weighted by molar-refractivity contribution is 14.1. The lowest BCUT2D eigenvalue weighted by Gasteiger charge is -2.29. The van der Waals surface area contributed by atoms with Gasteiger partial charge in [-0.3, -0.25) is 10.1 Å². The predicted molar refractivity (Wildman–Crippen MR) is 155 cm³/mol. The summed E-state index contributed by atoms with van der Waals surface area (Å²) in [5, 5.41) is 15.9. The lowest BCUT2D eigenvalue weighted by Crippen LogP contribution is -2.42. The summed E-state index contributed by atoms with van der Waals surface area (Å²) in [5.74, 6) is 0.686. The molecule has 1 unspecified atom stereocenters. The number of rotatable bonds is 6. The molecule has 0 bridgehead atoms. The minimum atomic E-state index is -0.579. The third kappa shape index (κ3) is 6.24. The summed E-state index contributed by atoms with van der Waals surface area (Å²) in [6, 6.07) is 9.09. The molecule has 204 valence electrons. The van der Waals surface area contributed by atoms with Crippen LogP contribution in [0.5, 0.6) is 0 Å². The lowest BCUT2D eigenvalue weighted by atomic mass is 10.2. The summed E-state index contributed by atoms with van der Waals surface area (Å²) in [5.41, 5.74) is 1.43. The summed E-state index contributed by atoms with van der Waals surface area (Å²) >= 11 is 2.24. The largest absolute Gasteiger partial charge is 0.444 e. The van der Waals surface area contributed by atoms with Crippen molar-refractivity contribution >= 4 is 69.7 Å². The van der Waals surface area contributed by atoms with Gasteiger partial charge in [-0.2, -0.15) is 9.61 Å². The van der Waals surface area contributed by atoms with E-state index in [9.17, 15) is 14.4 Å². The summed E-state index contributed by atoms with van der Waals surface area (Å²) in [6.45, 7) is 6.69. The van der Waals surface area contributed by atoms with Crippen LogP contribution in [-0.2, 0) is 9.53 Å². The molecule has 2 aromatic heterocycles. The van der Waals surface area contributed by atoms with Crippen molar-refractivity contribution in [2.45, 2.75) is 45.3 Å². The predicted octanol–water partition coefficient (Wildman–Crippen LogP) is 4.07. The molecular formula is C26H29IN8O4. The number of urea groups is 1. The molecule has 1 aromatic carbocycles. The zero-order chi connectivity index (χ0) is 27.7. The Balaban J connectivity index is 1.45. The highest BCUT2D eigenvalue weighted by Gasteiger charge is 2.32. The molecule has 4 heterocycles. The van der Waals surface area contributed by atoms with Gasteiger partial charge in [0.05, 0.1) is 12.2 Å². The minimum absolute atomic E-state index is 0.0512. The second kappa shape index (κ2) is 10.7. The number of halogens is 1. The van der Waals surface area contributed by atoms with Gasteiger partial charge in [0.2, 0.25) is 0 Å². The van der Waals surface area contributed by atoms with Gasteiger partial charge in [0.1, 0.15) is 22.9 Å². The number of carbonyl (C=O) groups is 3. The molecule has 0 aliphatic carbocycles. The fraction of sp³-hybridized carbons (Fsp3) is 0.346. The van der Waals surface area contributed by atoms with E-state index in [4.69, 9.17) is 9.72 Å². The van der Waals surface area contributed by atoms with Crippen LogP contribution in [0.15, 0.2) is 42.2 Å². The number of imide groups is 1. The van der Waals surface area contributed by atoms with Gasteiger partial charge in [0.25, 0.3) is 5.91 Å². The van der Waals surface area contributed by atoms with Crippen LogP contribution in [0.1, 0.15) is 39.2 Å². The number of hydrogen-bond donors (Lipinski definition) is 4. The molecule has 0 radical (unpaired) electrons. The standard InChI is InChI=1S/C26H29IN8O4/c1-26(2,3)39-25(38)34-9-5-8-18(34)14-28-21-12-20(30-17-7-4-6-16(27)11-17)32-22-15(13-29-35(21)22)10-19-23(36)33-24(37)31-19/h4,6-7,10-13,18,28H,5,8-9,14H2,1-3H3,(H,30,32)(H2,31,33,36,37)/b19-10-. The first kappa shape index (κ1) is 26.7. The van der Waals surface area contributed by atoms with Crippen molar-refractivity contribution in [3.8, 4) is 0 Å². The average Bonchev–Trinajstić information content (AvgIpc) is 3.56. The molecule has 12 nitrogen and oxygen atoms in total. The van der Waals surface area contributed by atoms with Crippen molar-refractivity contribution in [2.75, 3.05) is 23.7 Å². The Morgan fingerprint density at radius 2 is 2.08 bits per heavy atom.